The van der Waals surface area contributed by atoms with Gasteiger partial charge in [0, 0.05) is 41.0 Å². The number of benzene rings is 3. The molecule has 0 aliphatic heterocycles. The van der Waals surface area contributed by atoms with E-state index in [1.807, 2.05) is 71.4 Å². The van der Waals surface area contributed by atoms with Crippen LogP contribution in [0.2, 0.25) is 0 Å². The van der Waals surface area contributed by atoms with Gasteiger partial charge in [-0.15, -0.1) is 5.10 Å². The van der Waals surface area contributed by atoms with E-state index in [0.717, 1.165) is 34.1 Å². The summed E-state index contributed by atoms with van der Waals surface area (Å²) in [6.45, 7) is 1.72. The number of rotatable bonds is 8. The van der Waals surface area contributed by atoms with E-state index in [4.69, 9.17) is 21.7 Å². The number of para-hydroxylation sites is 1. The maximum Gasteiger partial charge on any atom is 0.256 e. The molecule has 4 aromatic rings. The van der Waals surface area contributed by atoms with Crippen LogP contribution in [0.1, 0.15) is 12.5 Å². The van der Waals surface area contributed by atoms with Crippen LogP contribution in [0.4, 0.5) is 17.2 Å². The van der Waals surface area contributed by atoms with Crippen molar-refractivity contribution in [1.82, 2.24) is 9.78 Å². The van der Waals surface area contributed by atoms with Crippen LogP contribution in [0.25, 0.3) is 22.2 Å². The van der Waals surface area contributed by atoms with E-state index < -0.39 is 0 Å². The Kier molecular flexibility index (Phi) is 6.83. The largest absolute Gasteiger partial charge is 0.404 e. The van der Waals surface area contributed by atoms with Crippen LogP contribution in [0.5, 0.6) is 0 Å². The molecule has 0 atom stereocenters. The van der Waals surface area contributed by atoms with E-state index in [9.17, 15) is 4.79 Å². The maximum absolute atomic E-state index is 12.4. The van der Waals surface area contributed by atoms with Crippen LogP contribution in [0, 0.1) is 10.8 Å². The normalized spacial score (nSPS) is 11.8. The molecule has 0 spiro atoms. The van der Waals surface area contributed by atoms with Gasteiger partial charge in [0.2, 0.25) is 0 Å². The summed E-state index contributed by atoms with van der Waals surface area (Å²) in [5.41, 5.74) is 10.5. The summed E-state index contributed by atoms with van der Waals surface area (Å²) in [6, 6.07) is 22.9. The first-order chi connectivity index (χ1) is 17.1. The van der Waals surface area contributed by atoms with Crippen LogP contribution in [0.15, 0.2) is 90.6 Å². The maximum atomic E-state index is 12.4. The molecule has 3 aromatic carbocycles. The lowest BCUT2D eigenvalue weighted by atomic mass is 10.1. The molecule has 1 heterocycles. The predicted octanol–water partition coefficient (Wildman–Crippen LogP) is 5.25. The molecule has 0 aliphatic carbocycles. The van der Waals surface area contributed by atoms with Crippen molar-refractivity contribution in [2.24, 2.45) is 5.73 Å². The van der Waals surface area contributed by atoms with E-state index in [2.05, 4.69) is 10.6 Å². The molecular weight excluding hydrogens is 438 g/mol. The zero-order valence-corrected chi connectivity index (χ0v) is 19.1. The fourth-order valence-electron chi connectivity index (χ4n) is 3.66. The first kappa shape index (κ1) is 23.2. The van der Waals surface area contributed by atoms with Crippen molar-refractivity contribution >= 4 is 52.0 Å². The Morgan fingerprint density at radius 1 is 0.971 bits per heavy atom. The van der Waals surface area contributed by atoms with Gasteiger partial charge in [0.25, 0.3) is 5.91 Å². The third kappa shape index (κ3) is 4.86. The summed E-state index contributed by atoms with van der Waals surface area (Å²) in [5.74, 6) is 0.343. The molecule has 4 rings (SSSR count). The number of fused-ring (bicyclic) bond motifs is 1. The highest BCUT2D eigenvalue weighted by atomic mass is 16.1. The molecule has 0 bridgehead atoms. The minimum atomic E-state index is -0.341. The van der Waals surface area contributed by atoms with Crippen LogP contribution in [-0.2, 0) is 4.79 Å². The molecule has 0 fully saturated rings. The van der Waals surface area contributed by atoms with Crippen molar-refractivity contribution in [3.63, 3.8) is 0 Å². The van der Waals surface area contributed by atoms with Gasteiger partial charge in [-0.3, -0.25) is 4.79 Å². The monoisotopic (exact) mass is 463 g/mol. The van der Waals surface area contributed by atoms with Crippen molar-refractivity contribution in [2.75, 3.05) is 10.6 Å². The average Bonchev–Trinajstić information content (AvgIpc) is 3.25. The van der Waals surface area contributed by atoms with Crippen LogP contribution in [0.3, 0.4) is 0 Å². The number of hydrogen-bond acceptors (Lipinski definition) is 6. The van der Waals surface area contributed by atoms with Gasteiger partial charge in [0.15, 0.2) is 5.82 Å². The molecule has 0 aliphatic rings. The lowest BCUT2D eigenvalue weighted by Gasteiger charge is -2.09. The summed E-state index contributed by atoms with van der Waals surface area (Å²) in [6.07, 6.45) is 5.25. The van der Waals surface area contributed by atoms with Crippen molar-refractivity contribution in [3.8, 4) is 5.69 Å². The highest BCUT2D eigenvalue weighted by Gasteiger charge is 2.13. The number of amides is 1. The Hall–Kier alpha value is -4.98. The number of carbonyl (C=O) groups excluding carboxylic acids is 1. The minimum Gasteiger partial charge on any atom is -0.404 e. The van der Waals surface area contributed by atoms with Gasteiger partial charge in [0.05, 0.1) is 16.8 Å². The van der Waals surface area contributed by atoms with Gasteiger partial charge in [-0.1, -0.05) is 36.4 Å². The summed E-state index contributed by atoms with van der Waals surface area (Å²) in [5, 5.41) is 26.8. The number of nitrogens with two attached hydrogens (primary N) is 1. The molecule has 174 valence electrons. The van der Waals surface area contributed by atoms with Crippen molar-refractivity contribution in [3.05, 3.63) is 96.2 Å². The second-order valence-corrected chi connectivity index (χ2v) is 7.64. The average molecular weight is 464 g/mol. The van der Waals surface area contributed by atoms with E-state index in [-0.39, 0.29) is 11.5 Å². The highest BCUT2D eigenvalue weighted by molar-refractivity contribution is 6.17. The molecule has 8 nitrogen and oxygen atoms in total. The van der Waals surface area contributed by atoms with Gasteiger partial charge in [0.1, 0.15) is 0 Å². The Morgan fingerprint density at radius 3 is 2.43 bits per heavy atom. The Bertz CT molecular complexity index is 1460. The molecule has 0 unspecified atom stereocenters. The van der Waals surface area contributed by atoms with E-state index in [1.54, 1.807) is 19.1 Å². The van der Waals surface area contributed by atoms with Crippen LogP contribution >= 0.6 is 0 Å². The summed E-state index contributed by atoms with van der Waals surface area (Å²) in [7, 11) is 0. The number of carbonyl (C=O) groups is 1. The molecule has 1 aromatic heterocycles. The van der Waals surface area contributed by atoms with Gasteiger partial charge >= 0.3 is 0 Å². The standard InChI is InChI=1S/C27H25N7O/c1-2-18(15-28)27(35)32-22-6-5-7-23(14-22)34-25-9-4-3-8-24(25)26(33-34)31-21-12-10-19(11-13-21)20(16-29)17-30/h2-17,28-29H,30H2,1H3,(H,31,33)(H,32,35)/b18-2+,20-17+,28-15?,29-16?. The second-order valence-electron chi connectivity index (χ2n) is 7.64. The number of allylic oxidation sites excluding steroid dienone is 2. The summed E-state index contributed by atoms with van der Waals surface area (Å²) < 4.78 is 1.82. The Morgan fingerprint density at radius 2 is 1.74 bits per heavy atom. The van der Waals surface area contributed by atoms with Gasteiger partial charge in [-0.25, -0.2) is 4.68 Å². The predicted molar refractivity (Wildman–Crippen MR) is 143 cm³/mol. The molecule has 0 radical (unpaired) electrons. The van der Waals surface area contributed by atoms with E-state index >= 15 is 0 Å². The molecule has 1 amide bonds. The quantitative estimate of drug-likeness (QED) is 0.180. The van der Waals surface area contributed by atoms with Gasteiger partial charge in [-0.05, 0) is 55.0 Å². The smallest absolute Gasteiger partial charge is 0.256 e. The van der Waals surface area contributed by atoms with Crippen molar-refractivity contribution < 1.29 is 4.79 Å². The molecule has 0 saturated heterocycles. The minimum absolute atomic E-state index is 0.284. The van der Waals surface area contributed by atoms with Gasteiger partial charge in [-0.2, -0.15) is 0 Å². The molecule has 0 saturated carbocycles. The zero-order valence-electron chi connectivity index (χ0n) is 19.1. The number of aromatic nitrogens is 2. The van der Waals surface area contributed by atoms with Crippen molar-refractivity contribution in [2.45, 2.75) is 6.92 Å². The first-order valence-electron chi connectivity index (χ1n) is 10.9. The number of nitrogens with one attached hydrogen (secondary N) is 4. The second kappa shape index (κ2) is 10.3. The summed E-state index contributed by atoms with van der Waals surface area (Å²) >= 11 is 0. The third-order valence-electron chi connectivity index (χ3n) is 5.48. The highest BCUT2D eigenvalue weighted by Crippen LogP contribution is 2.29. The number of nitrogens with zero attached hydrogens (tertiary/aromatic N) is 2. The van der Waals surface area contributed by atoms with Crippen LogP contribution < -0.4 is 16.4 Å². The van der Waals surface area contributed by atoms with E-state index in [0.29, 0.717) is 17.1 Å². The molecule has 8 heteroatoms. The molecule has 6 N–H and O–H groups in total. The fourth-order valence-corrected chi connectivity index (χ4v) is 3.66. The summed E-state index contributed by atoms with van der Waals surface area (Å²) in [4.78, 5) is 12.4. The number of anilines is 3. The number of hydrogen-bond donors (Lipinski definition) is 5. The fraction of sp³-hybridized carbons (Fsp3) is 0.0370. The first-order valence-corrected chi connectivity index (χ1v) is 10.9. The molecule has 35 heavy (non-hydrogen) atoms. The topological polar surface area (TPSA) is 133 Å². The Labute approximate surface area is 202 Å². The van der Waals surface area contributed by atoms with Crippen LogP contribution in [-0.4, -0.2) is 28.1 Å². The zero-order chi connectivity index (χ0) is 24.8. The van der Waals surface area contributed by atoms with Gasteiger partial charge < -0.3 is 27.2 Å². The lowest BCUT2D eigenvalue weighted by Crippen LogP contribution is -2.15. The Balaban J connectivity index is 1.67. The van der Waals surface area contributed by atoms with Crippen molar-refractivity contribution in [1.29, 1.82) is 10.8 Å². The SMILES string of the molecule is C/C=C(\C=N)C(=O)Nc1cccc(-n2nc(Nc3ccc(/C(C=N)=C/N)cc3)c3ccccc32)c1. The molecular formula is C27H25N7O. The lowest BCUT2D eigenvalue weighted by molar-refractivity contribution is -0.112. The third-order valence-corrected chi connectivity index (χ3v) is 5.48. The van der Waals surface area contributed by atoms with E-state index in [1.165, 1.54) is 12.4 Å².